The first-order chi connectivity index (χ1) is 16.1. The molecule has 0 heterocycles. The van der Waals surface area contributed by atoms with Crippen LogP contribution in [-0.4, -0.2) is 33.0 Å². The normalized spacial score (nSPS) is 12.0. The third-order valence-corrected chi connectivity index (χ3v) is 6.57. The van der Waals surface area contributed by atoms with Crippen LogP contribution in [0.4, 0.5) is 11.4 Å². The van der Waals surface area contributed by atoms with Crippen molar-refractivity contribution in [1.29, 1.82) is 0 Å². The van der Waals surface area contributed by atoms with Gasteiger partial charge in [-0.25, -0.2) is 8.42 Å². The number of rotatable bonds is 8. The van der Waals surface area contributed by atoms with Crippen molar-refractivity contribution in [2.24, 2.45) is 0 Å². The highest BCUT2D eigenvalue weighted by Gasteiger charge is 2.23. The zero-order valence-corrected chi connectivity index (χ0v) is 20.7. The van der Waals surface area contributed by atoms with E-state index in [1.807, 2.05) is 37.3 Å². The van der Waals surface area contributed by atoms with Gasteiger partial charge in [0.1, 0.15) is 6.54 Å². The highest BCUT2D eigenvalue weighted by atomic mass is 35.5. The maximum atomic E-state index is 12.9. The lowest BCUT2D eigenvalue weighted by Crippen LogP contribution is -2.38. The molecule has 0 aliphatic rings. The number of amides is 2. The first-order valence-electron chi connectivity index (χ1n) is 10.5. The van der Waals surface area contributed by atoms with Crippen LogP contribution in [0.15, 0.2) is 72.8 Å². The van der Waals surface area contributed by atoms with Crippen LogP contribution in [0.2, 0.25) is 5.02 Å². The fraction of sp³-hybridized carbons (Fsp3) is 0.200. The lowest BCUT2D eigenvalue weighted by atomic mass is 10.1. The number of nitrogens with zero attached hydrogens (tertiary/aromatic N) is 1. The highest BCUT2D eigenvalue weighted by molar-refractivity contribution is 7.92. The number of aryl methyl sites for hydroxylation is 1. The zero-order valence-electron chi connectivity index (χ0n) is 19.1. The molecule has 0 radical (unpaired) electrons. The molecular weight excluding hydrogens is 474 g/mol. The largest absolute Gasteiger partial charge is 0.345 e. The monoisotopic (exact) mass is 499 g/mol. The number of para-hydroxylation sites is 1. The van der Waals surface area contributed by atoms with E-state index in [1.165, 1.54) is 0 Å². The quantitative estimate of drug-likeness (QED) is 0.475. The SMILES string of the molecule is Cc1cc(Cl)ccc1N(CC(=O)Nc1ccccc1C(=O)N[C@@H](C)c1ccccc1)S(C)(=O)=O. The number of sulfonamides is 1. The van der Waals surface area contributed by atoms with Crippen LogP contribution in [-0.2, 0) is 14.8 Å². The molecule has 0 bridgehead atoms. The minimum absolute atomic E-state index is 0.244. The summed E-state index contributed by atoms with van der Waals surface area (Å²) in [7, 11) is -3.76. The number of carbonyl (C=O) groups excluding carboxylic acids is 2. The summed E-state index contributed by atoms with van der Waals surface area (Å²) in [6.45, 7) is 3.12. The minimum atomic E-state index is -3.76. The smallest absolute Gasteiger partial charge is 0.253 e. The molecule has 0 spiro atoms. The number of benzene rings is 3. The fourth-order valence-electron chi connectivity index (χ4n) is 3.49. The van der Waals surface area contributed by atoms with Crippen molar-refractivity contribution in [2.45, 2.75) is 19.9 Å². The number of hydrogen-bond acceptors (Lipinski definition) is 4. The summed E-state index contributed by atoms with van der Waals surface area (Å²) in [5, 5.41) is 6.06. The van der Waals surface area contributed by atoms with Crippen molar-refractivity contribution in [3.8, 4) is 0 Å². The van der Waals surface area contributed by atoms with E-state index in [0.717, 1.165) is 16.1 Å². The second-order valence-electron chi connectivity index (χ2n) is 7.90. The third kappa shape index (κ3) is 6.36. The van der Waals surface area contributed by atoms with Gasteiger partial charge in [0.05, 0.1) is 29.2 Å². The van der Waals surface area contributed by atoms with Crippen LogP contribution < -0.4 is 14.9 Å². The van der Waals surface area contributed by atoms with E-state index in [1.54, 1.807) is 49.4 Å². The van der Waals surface area contributed by atoms with Gasteiger partial charge in [0.2, 0.25) is 15.9 Å². The van der Waals surface area contributed by atoms with Crippen molar-refractivity contribution >= 4 is 44.8 Å². The van der Waals surface area contributed by atoms with Gasteiger partial charge in [-0.3, -0.25) is 13.9 Å². The van der Waals surface area contributed by atoms with Gasteiger partial charge in [0.25, 0.3) is 5.91 Å². The molecule has 0 aliphatic heterocycles. The summed E-state index contributed by atoms with van der Waals surface area (Å²) in [4.78, 5) is 25.8. The molecule has 3 aromatic rings. The Morgan fingerprint density at radius 1 is 1.00 bits per heavy atom. The molecule has 3 rings (SSSR count). The molecule has 0 unspecified atom stereocenters. The van der Waals surface area contributed by atoms with E-state index in [4.69, 9.17) is 11.6 Å². The van der Waals surface area contributed by atoms with Crippen LogP contribution >= 0.6 is 11.6 Å². The average molecular weight is 500 g/mol. The van der Waals surface area contributed by atoms with Gasteiger partial charge in [-0.05, 0) is 55.3 Å². The predicted molar refractivity (Wildman–Crippen MR) is 136 cm³/mol. The van der Waals surface area contributed by atoms with Crippen molar-refractivity contribution in [3.63, 3.8) is 0 Å². The molecular formula is C25H26ClN3O4S. The topological polar surface area (TPSA) is 95.6 Å². The van der Waals surface area contributed by atoms with E-state index in [-0.39, 0.29) is 23.2 Å². The van der Waals surface area contributed by atoms with Crippen molar-refractivity contribution < 1.29 is 18.0 Å². The number of anilines is 2. The Kier molecular flexibility index (Phi) is 7.96. The molecule has 1 atom stereocenters. The summed E-state index contributed by atoms with van der Waals surface area (Å²) < 4.78 is 25.9. The van der Waals surface area contributed by atoms with E-state index < -0.39 is 22.5 Å². The Morgan fingerprint density at radius 3 is 2.29 bits per heavy atom. The van der Waals surface area contributed by atoms with Crippen LogP contribution in [0.5, 0.6) is 0 Å². The van der Waals surface area contributed by atoms with E-state index in [9.17, 15) is 18.0 Å². The molecule has 2 amide bonds. The molecule has 0 saturated carbocycles. The van der Waals surface area contributed by atoms with Gasteiger partial charge in [-0.15, -0.1) is 0 Å². The molecule has 34 heavy (non-hydrogen) atoms. The number of nitrogens with one attached hydrogen (secondary N) is 2. The van der Waals surface area contributed by atoms with Gasteiger partial charge >= 0.3 is 0 Å². The molecule has 178 valence electrons. The maximum absolute atomic E-state index is 12.9. The highest BCUT2D eigenvalue weighted by Crippen LogP contribution is 2.26. The molecule has 0 aromatic heterocycles. The molecule has 0 aliphatic carbocycles. The lowest BCUT2D eigenvalue weighted by Gasteiger charge is -2.24. The van der Waals surface area contributed by atoms with Crippen molar-refractivity contribution in [2.75, 3.05) is 22.4 Å². The van der Waals surface area contributed by atoms with E-state index >= 15 is 0 Å². The maximum Gasteiger partial charge on any atom is 0.253 e. The lowest BCUT2D eigenvalue weighted by molar-refractivity contribution is -0.114. The Hall–Kier alpha value is -3.36. The molecule has 9 heteroatoms. The zero-order chi connectivity index (χ0) is 24.9. The predicted octanol–water partition coefficient (Wildman–Crippen LogP) is 4.54. The number of carbonyl (C=O) groups is 2. The summed E-state index contributed by atoms with van der Waals surface area (Å²) in [5.74, 6) is -0.947. The number of halogens is 1. The average Bonchev–Trinajstić information content (AvgIpc) is 2.78. The minimum Gasteiger partial charge on any atom is -0.345 e. The summed E-state index contributed by atoms with van der Waals surface area (Å²) in [6, 6.07) is 20.6. The Labute approximate surface area is 204 Å². The van der Waals surface area contributed by atoms with E-state index in [0.29, 0.717) is 16.3 Å². The third-order valence-electron chi connectivity index (χ3n) is 5.21. The Balaban J connectivity index is 1.79. The second-order valence-corrected chi connectivity index (χ2v) is 10.2. The van der Waals surface area contributed by atoms with Crippen LogP contribution in [0, 0.1) is 6.92 Å². The molecule has 3 aromatic carbocycles. The van der Waals surface area contributed by atoms with Crippen molar-refractivity contribution in [1.82, 2.24) is 5.32 Å². The van der Waals surface area contributed by atoms with Gasteiger partial charge in [0, 0.05) is 5.02 Å². The standard InChI is InChI=1S/C25H26ClN3O4S/c1-17-15-20(26)13-14-23(17)29(34(3,32)33)16-24(30)28-22-12-8-7-11-21(22)25(31)27-18(2)19-9-5-4-6-10-19/h4-15,18H,16H2,1-3H3,(H,27,31)(H,28,30)/t18-/m0/s1. The first kappa shape index (κ1) is 25.3. The van der Waals surface area contributed by atoms with Crippen LogP contribution in [0.3, 0.4) is 0 Å². The second kappa shape index (κ2) is 10.7. The molecule has 2 N–H and O–H groups in total. The Bertz CT molecular complexity index is 1300. The first-order valence-corrected chi connectivity index (χ1v) is 12.8. The number of hydrogen-bond donors (Lipinski definition) is 2. The summed E-state index contributed by atoms with van der Waals surface area (Å²) >= 11 is 5.99. The fourth-order valence-corrected chi connectivity index (χ4v) is 4.63. The summed E-state index contributed by atoms with van der Waals surface area (Å²) in [5.41, 5.74) is 2.46. The molecule has 0 fully saturated rings. The van der Waals surface area contributed by atoms with Gasteiger partial charge in [-0.2, -0.15) is 0 Å². The van der Waals surface area contributed by atoms with Crippen LogP contribution in [0.1, 0.15) is 34.5 Å². The molecule has 0 saturated heterocycles. The summed E-state index contributed by atoms with van der Waals surface area (Å²) in [6.07, 6.45) is 1.03. The molecule has 7 nitrogen and oxygen atoms in total. The van der Waals surface area contributed by atoms with E-state index in [2.05, 4.69) is 10.6 Å². The van der Waals surface area contributed by atoms with Crippen LogP contribution in [0.25, 0.3) is 0 Å². The Morgan fingerprint density at radius 2 is 1.65 bits per heavy atom. The van der Waals surface area contributed by atoms with Gasteiger partial charge in [-0.1, -0.05) is 54.1 Å². The van der Waals surface area contributed by atoms with Crippen molar-refractivity contribution in [3.05, 3.63) is 94.5 Å². The van der Waals surface area contributed by atoms with Gasteiger partial charge in [0.15, 0.2) is 0 Å². The van der Waals surface area contributed by atoms with Gasteiger partial charge < -0.3 is 10.6 Å².